The van der Waals surface area contributed by atoms with Gasteiger partial charge in [-0.15, -0.1) is 12.4 Å². The van der Waals surface area contributed by atoms with Crippen molar-refractivity contribution in [2.75, 3.05) is 52.5 Å². The average molecular weight is 401 g/mol. The SMILES string of the molecule is COCCN(C(=O)C1NNC2CCNCC21)c1ccc(OC)c(OC)c1.Cl. The fraction of sp³-hybridized carbons (Fsp3) is 0.611. The summed E-state index contributed by atoms with van der Waals surface area (Å²) in [6.07, 6.45) is 1.01. The minimum atomic E-state index is -0.280. The van der Waals surface area contributed by atoms with E-state index >= 15 is 0 Å². The molecule has 0 spiro atoms. The second kappa shape index (κ2) is 10.1. The zero-order chi connectivity index (χ0) is 18.5. The van der Waals surface area contributed by atoms with Gasteiger partial charge in [0.05, 0.1) is 20.8 Å². The van der Waals surface area contributed by atoms with E-state index in [1.807, 2.05) is 18.2 Å². The second-order valence-corrected chi connectivity index (χ2v) is 6.55. The van der Waals surface area contributed by atoms with Crippen molar-refractivity contribution in [2.24, 2.45) is 5.92 Å². The number of hydrogen-bond donors (Lipinski definition) is 3. The van der Waals surface area contributed by atoms with Crippen molar-refractivity contribution in [1.82, 2.24) is 16.2 Å². The van der Waals surface area contributed by atoms with Gasteiger partial charge in [0, 0.05) is 43.9 Å². The molecular formula is C18H29ClN4O4. The summed E-state index contributed by atoms with van der Waals surface area (Å²) in [5.74, 6) is 1.47. The molecule has 0 saturated carbocycles. The molecule has 0 aromatic heterocycles. The summed E-state index contributed by atoms with van der Waals surface area (Å²) >= 11 is 0. The van der Waals surface area contributed by atoms with Crippen LogP contribution in [0.1, 0.15) is 6.42 Å². The predicted molar refractivity (Wildman–Crippen MR) is 106 cm³/mol. The number of carbonyl (C=O) groups excluding carboxylic acids is 1. The molecular weight excluding hydrogens is 372 g/mol. The fourth-order valence-electron chi connectivity index (χ4n) is 3.67. The van der Waals surface area contributed by atoms with E-state index in [2.05, 4.69) is 16.2 Å². The van der Waals surface area contributed by atoms with Crippen molar-refractivity contribution in [2.45, 2.75) is 18.5 Å². The van der Waals surface area contributed by atoms with Crippen LogP contribution in [0.3, 0.4) is 0 Å². The monoisotopic (exact) mass is 400 g/mol. The summed E-state index contributed by atoms with van der Waals surface area (Å²) in [5.41, 5.74) is 7.24. The Balaban J connectivity index is 0.00000261. The van der Waals surface area contributed by atoms with Gasteiger partial charge in [0.15, 0.2) is 11.5 Å². The Morgan fingerprint density at radius 1 is 1.19 bits per heavy atom. The molecule has 3 unspecified atom stereocenters. The van der Waals surface area contributed by atoms with E-state index in [0.29, 0.717) is 30.7 Å². The van der Waals surface area contributed by atoms with E-state index in [0.717, 1.165) is 25.2 Å². The van der Waals surface area contributed by atoms with Crippen LogP contribution >= 0.6 is 12.4 Å². The van der Waals surface area contributed by atoms with Crippen LogP contribution in [0, 0.1) is 5.92 Å². The molecule has 2 fully saturated rings. The maximum absolute atomic E-state index is 13.3. The number of piperidine rings is 1. The van der Waals surface area contributed by atoms with Crippen LogP contribution < -0.4 is 30.5 Å². The minimum absolute atomic E-state index is 0. The number of fused-ring (bicyclic) bond motifs is 1. The van der Waals surface area contributed by atoms with Crippen LogP contribution in [0.2, 0.25) is 0 Å². The van der Waals surface area contributed by atoms with Gasteiger partial charge in [-0.2, -0.15) is 0 Å². The van der Waals surface area contributed by atoms with Gasteiger partial charge in [-0.05, 0) is 25.1 Å². The Labute approximate surface area is 166 Å². The number of benzene rings is 1. The Bertz CT molecular complexity index is 633. The summed E-state index contributed by atoms with van der Waals surface area (Å²) < 4.78 is 15.9. The van der Waals surface area contributed by atoms with Crippen molar-refractivity contribution in [3.8, 4) is 11.5 Å². The molecule has 1 aromatic rings. The Kier molecular flexibility index (Phi) is 8.12. The first-order valence-electron chi connectivity index (χ1n) is 8.93. The van der Waals surface area contributed by atoms with Gasteiger partial charge < -0.3 is 24.4 Å². The van der Waals surface area contributed by atoms with E-state index in [1.54, 1.807) is 26.2 Å². The van der Waals surface area contributed by atoms with E-state index < -0.39 is 0 Å². The van der Waals surface area contributed by atoms with Crippen LogP contribution in [-0.2, 0) is 9.53 Å². The minimum Gasteiger partial charge on any atom is -0.493 e. The molecule has 3 N–H and O–H groups in total. The number of methoxy groups -OCH3 is 3. The van der Waals surface area contributed by atoms with Crippen LogP contribution in [0.15, 0.2) is 18.2 Å². The lowest BCUT2D eigenvalue weighted by atomic mass is 9.88. The molecule has 8 nitrogen and oxygen atoms in total. The molecule has 1 amide bonds. The summed E-state index contributed by atoms with van der Waals surface area (Å²) in [6, 6.07) is 5.55. The number of hydrazine groups is 1. The zero-order valence-electron chi connectivity index (χ0n) is 16.0. The molecule has 1 aromatic carbocycles. The lowest BCUT2D eigenvalue weighted by molar-refractivity contribution is -0.121. The fourth-order valence-corrected chi connectivity index (χ4v) is 3.67. The predicted octanol–water partition coefficient (Wildman–Crippen LogP) is 0.560. The summed E-state index contributed by atoms with van der Waals surface area (Å²) in [5, 5.41) is 3.38. The number of hydrogen-bond acceptors (Lipinski definition) is 7. The second-order valence-electron chi connectivity index (χ2n) is 6.55. The Morgan fingerprint density at radius 3 is 2.67 bits per heavy atom. The van der Waals surface area contributed by atoms with Gasteiger partial charge in [-0.3, -0.25) is 10.2 Å². The highest BCUT2D eigenvalue weighted by atomic mass is 35.5. The average Bonchev–Trinajstić information content (AvgIpc) is 3.12. The molecule has 3 rings (SSSR count). The third kappa shape index (κ3) is 4.64. The van der Waals surface area contributed by atoms with Crippen molar-refractivity contribution in [3.63, 3.8) is 0 Å². The van der Waals surface area contributed by atoms with Crippen LogP contribution in [0.25, 0.3) is 0 Å². The summed E-state index contributed by atoms with van der Waals surface area (Å²) in [4.78, 5) is 15.1. The third-order valence-corrected chi connectivity index (χ3v) is 5.11. The summed E-state index contributed by atoms with van der Waals surface area (Å²) in [7, 11) is 4.81. The van der Waals surface area contributed by atoms with Crippen LogP contribution in [-0.4, -0.2) is 65.6 Å². The quantitative estimate of drug-likeness (QED) is 0.616. The molecule has 27 heavy (non-hydrogen) atoms. The molecule has 2 aliphatic rings. The molecule has 0 bridgehead atoms. The molecule has 9 heteroatoms. The summed E-state index contributed by atoms with van der Waals surface area (Å²) in [6.45, 7) is 2.71. The largest absolute Gasteiger partial charge is 0.493 e. The standard InChI is InChI=1S/C18H28N4O4.ClH/c1-24-9-8-22(12-4-5-15(25-2)16(10-12)26-3)18(23)17-13-11-19-7-6-14(13)20-21-17;/h4-5,10,13-14,17,19-21H,6-9,11H2,1-3H3;1H. The van der Waals surface area contributed by atoms with Crippen molar-refractivity contribution >= 4 is 24.0 Å². The third-order valence-electron chi connectivity index (χ3n) is 5.11. The van der Waals surface area contributed by atoms with Crippen molar-refractivity contribution in [3.05, 3.63) is 18.2 Å². The zero-order valence-corrected chi connectivity index (χ0v) is 16.8. The van der Waals surface area contributed by atoms with Crippen molar-refractivity contribution in [1.29, 1.82) is 0 Å². The van der Waals surface area contributed by atoms with Gasteiger partial charge >= 0.3 is 0 Å². The molecule has 152 valence electrons. The van der Waals surface area contributed by atoms with Gasteiger partial charge in [0.1, 0.15) is 6.04 Å². The van der Waals surface area contributed by atoms with Gasteiger partial charge in [0.25, 0.3) is 0 Å². The van der Waals surface area contributed by atoms with Gasteiger partial charge in [-0.1, -0.05) is 0 Å². The van der Waals surface area contributed by atoms with E-state index in [-0.39, 0.29) is 30.3 Å². The Morgan fingerprint density at radius 2 is 1.96 bits per heavy atom. The number of anilines is 1. The number of rotatable bonds is 7. The van der Waals surface area contributed by atoms with E-state index in [4.69, 9.17) is 14.2 Å². The maximum Gasteiger partial charge on any atom is 0.245 e. The molecule has 3 atom stereocenters. The lowest BCUT2D eigenvalue weighted by Crippen LogP contribution is -2.51. The highest BCUT2D eigenvalue weighted by molar-refractivity contribution is 5.98. The van der Waals surface area contributed by atoms with Gasteiger partial charge in [-0.25, -0.2) is 5.43 Å². The molecule has 2 saturated heterocycles. The highest BCUT2D eigenvalue weighted by Gasteiger charge is 2.42. The number of halogens is 1. The Hall–Kier alpha value is -1.58. The molecule has 0 radical (unpaired) electrons. The maximum atomic E-state index is 13.3. The number of ether oxygens (including phenoxy) is 3. The molecule has 2 aliphatic heterocycles. The first kappa shape index (κ1) is 21.7. The van der Waals surface area contributed by atoms with E-state index in [1.165, 1.54) is 0 Å². The van der Waals surface area contributed by atoms with Crippen LogP contribution in [0.4, 0.5) is 5.69 Å². The highest BCUT2D eigenvalue weighted by Crippen LogP contribution is 2.32. The topological polar surface area (TPSA) is 84.1 Å². The first-order chi connectivity index (χ1) is 12.7. The number of carbonyl (C=O) groups is 1. The molecule has 0 aliphatic carbocycles. The van der Waals surface area contributed by atoms with Crippen LogP contribution in [0.5, 0.6) is 11.5 Å². The molecule has 2 heterocycles. The smallest absolute Gasteiger partial charge is 0.245 e. The number of nitrogens with zero attached hydrogens (tertiary/aromatic N) is 1. The number of nitrogens with one attached hydrogen (secondary N) is 3. The van der Waals surface area contributed by atoms with Gasteiger partial charge in [0.2, 0.25) is 5.91 Å². The normalized spacial score (nSPS) is 23.9. The van der Waals surface area contributed by atoms with Crippen molar-refractivity contribution < 1.29 is 19.0 Å². The number of amides is 1. The lowest BCUT2D eigenvalue weighted by Gasteiger charge is -2.31. The van der Waals surface area contributed by atoms with E-state index in [9.17, 15) is 4.79 Å². The first-order valence-corrected chi connectivity index (χ1v) is 8.93.